The first-order valence-electron chi connectivity index (χ1n) is 8.03. The second kappa shape index (κ2) is 4.89. The van der Waals surface area contributed by atoms with Crippen LogP contribution in [0.1, 0.15) is 30.2 Å². The molecule has 0 N–H and O–H groups in total. The Balaban J connectivity index is 1.74. The van der Waals surface area contributed by atoms with Gasteiger partial charge in [0.25, 0.3) is 0 Å². The Labute approximate surface area is 137 Å². The number of aryl methyl sites for hydroxylation is 1. The fourth-order valence-corrected chi connectivity index (χ4v) is 4.80. The molecule has 5 nitrogen and oxygen atoms in total. The number of rotatable bonds is 2. The number of nitrogens with zero attached hydrogens (tertiary/aromatic N) is 4. The van der Waals surface area contributed by atoms with Crippen molar-refractivity contribution < 1.29 is 4.42 Å². The molecular formula is C17H16N4OS. The van der Waals surface area contributed by atoms with Gasteiger partial charge in [-0.05, 0) is 42.9 Å². The van der Waals surface area contributed by atoms with E-state index in [1.807, 2.05) is 23.5 Å². The SMILES string of the molecule is CCC1CCc2c(sc3ncn4nc(-c5ccco5)nc4c23)C1. The number of fused-ring (bicyclic) bond motifs is 5. The molecule has 6 heteroatoms. The smallest absolute Gasteiger partial charge is 0.217 e. The number of furan rings is 1. The Morgan fingerprint density at radius 3 is 3.22 bits per heavy atom. The Kier molecular flexibility index (Phi) is 2.82. The van der Waals surface area contributed by atoms with Gasteiger partial charge in [-0.2, -0.15) is 0 Å². The van der Waals surface area contributed by atoms with E-state index in [0.29, 0.717) is 11.6 Å². The van der Waals surface area contributed by atoms with E-state index in [9.17, 15) is 0 Å². The molecule has 1 aliphatic rings. The lowest BCUT2D eigenvalue weighted by Crippen LogP contribution is -2.11. The van der Waals surface area contributed by atoms with Crippen molar-refractivity contribution in [1.82, 2.24) is 19.6 Å². The molecule has 0 spiro atoms. The second-order valence-corrected chi connectivity index (χ2v) is 7.21. The summed E-state index contributed by atoms with van der Waals surface area (Å²) in [5.74, 6) is 2.12. The molecule has 4 aromatic rings. The summed E-state index contributed by atoms with van der Waals surface area (Å²) in [4.78, 5) is 11.9. The van der Waals surface area contributed by atoms with E-state index < -0.39 is 0 Å². The van der Waals surface area contributed by atoms with Crippen molar-refractivity contribution in [1.29, 1.82) is 0 Å². The summed E-state index contributed by atoms with van der Waals surface area (Å²) < 4.78 is 7.20. The van der Waals surface area contributed by atoms with Gasteiger partial charge in [0.15, 0.2) is 11.4 Å². The molecule has 0 fully saturated rings. The van der Waals surface area contributed by atoms with Crippen molar-refractivity contribution in [2.45, 2.75) is 32.6 Å². The van der Waals surface area contributed by atoms with E-state index in [1.54, 1.807) is 17.1 Å². The van der Waals surface area contributed by atoms with Crippen LogP contribution in [0.4, 0.5) is 0 Å². The lowest BCUT2D eigenvalue weighted by molar-refractivity contribution is 0.451. The molecule has 1 unspecified atom stereocenters. The molecule has 23 heavy (non-hydrogen) atoms. The van der Waals surface area contributed by atoms with Gasteiger partial charge in [0.05, 0.1) is 11.6 Å². The minimum atomic E-state index is 0.617. The largest absolute Gasteiger partial charge is 0.461 e. The fourth-order valence-electron chi connectivity index (χ4n) is 3.50. The summed E-state index contributed by atoms with van der Waals surface area (Å²) >= 11 is 1.82. The summed E-state index contributed by atoms with van der Waals surface area (Å²) in [6.45, 7) is 2.29. The molecule has 0 aliphatic heterocycles. The Morgan fingerprint density at radius 2 is 2.39 bits per heavy atom. The highest BCUT2D eigenvalue weighted by Gasteiger charge is 2.25. The van der Waals surface area contributed by atoms with Gasteiger partial charge < -0.3 is 4.42 Å². The van der Waals surface area contributed by atoms with Gasteiger partial charge in [-0.15, -0.1) is 16.4 Å². The van der Waals surface area contributed by atoms with E-state index in [4.69, 9.17) is 9.40 Å². The zero-order chi connectivity index (χ0) is 15.4. The van der Waals surface area contributed by atoms with Gasteiger partial charge in [0.1, 0.15) is 11.2 Å². The lowest BCUT2D eigenvalue weighted by Gasteiger charge is -2.20. The van der Waals surface area contributed by atoms with E-state index in [0.717, 1.165) is 22.8 Å². The predicted molar refractivity (Wildman–Crippen MR) is 89.7 cm³/mol. The molecule has 116 valence electrons. The van der Waals surface area contributed by atoms with Crippen molar-refractivity contribution in [3.8, 4) is 11.6 Å². The third-order valence-corrected chi connectivity index (χ3v) is 5.97. The normalized spacial score (nSPS) is 17.9. The van der Waals surface area contributed by atoms with Crippen LogP contribution in [0, 0.1) is 5.92 Å². The average molecular weight is 324 g/mol. The minimum Gasteiger partial charge on any atom is -0.461 e. The monoisotopic (exact) mass is 324 g/mol. The third-order valence-electron chi connectivity index (χ3n) is 4.81. The van der Waals surface area contributed by atoms with Crippen LogP contribution >= 0.6 is 11.3 Å². The van der Waals surface area contributed by atoms with Gasteiger partial charge in [-0.3, -0.25) is 0 Å². The molecule has 1 aliphatic carbocycles. The maximum Gasteiger partial charge on any atom is 0.217 e. The van der Waals surface area contributed by atoms with Crippen LogP contribution in [0.2, 0.25) is 0 Å². The molecule has 0 saturated heterocycles. The van der Waals surface area contributed by atoms with Gasteiger partial charge >= 0.3 is 0 Å². The predicted octanol–water partition coefficient (Wildman–Crippen LogP) is 4.11. The van der Waals surface area contributed by atoms with Crippen LogP contribution in [-0.2, 0) is 12.8 Å². The van der Waals surface area contributed by atoms with Crippen molar-refractivity contribution >= 4 is 27.2 Å². The molecule has 0 amide bonds. The molecule has 1 atom stereocenters. The van der Waals surface area contributed by atoms with Crippen molar-refractivity contribution in [3.05, 3.63) is 35.2 Å². The third kappa shape index (κ3) is 1.94. The molecule has 4 aromatic heterocycles. The number of thiophene rings is 1. The summed E-state index contributed by atoms with van der Waals surface area (Å²) in [7, 11) is 0. The second-order valence-electron chi connectivity index (χ2n) is 6.13. The van der Waals surface area contributed by atoms with Crippen LogP contribution in [0.25, 0.3) is 27.4 Å². The summed E-state index contributed by atoms with van der Waals surface area (Å²) in [5.41, 5.74) is 2.33. The molecule has 4 heterocycles. The number of hydrogen-bond acceptors (Lipinski definition) is 5. The highest BCUT2D eigenvalue weighted by molar-refractivity contribution is 7.19. The molecule has 0 aromatic carbocycles. The highest BCUT2D eigenvalue weighted by atomic mass is 32.1. The Bertz CT molecular complexity index is 999. The van der Waals surface area contributed by atoms with E-state index >= 15 is 0 Å². The Morgan fingerprint density at radius 1 is 1.43 bits per heavy atom. The van der Waals surface area contributed by atoms with Crippen LogP contribution in [0.15, 0.2) is 29.1 Å². The summed E-state index contributed by atoms with van der Waals surface area (Å²) in [6, 6.07) is 3.74. The lowest BCUT2D eigenvalue weighted by atomic mass is 9.86. The van der Waals surface area contributed by atoms with Crippen LogP contribution in [0.5, 0.6) is 0 Å². The molecule has 0 radical (unpaired) electrons. The van der Waals surface area contributed by atoms with Crippen LogP contribution in [0.3, 0.4) is 0 Å². The number of aromatic nitrogens is 4. The minimum absolute atomic E-state index is 0.617. The van der Waals surface area contributed by atoms with Crippen molar-refractivity contribution in [3.63, 3.8) is 0 Å². The summed E-state index contributed by atoms with van der Waals surface area (Å²) in [6.07, 6.45) is 8.22. The Hall–Kier alpha value is -2.21. The first kappa shape index (κ1) is 13.2. The van der Waals surface area contributed by atoms with Gasteiger partial charge in [0, 0.05) is 4.88 Å². The van der Waals surface area contributed by atoms with Crippen LogP contribution < -0.4 is 0 Å². The standard InChI is InChI=1S/C17H16N4OS/c1-2-10-5-6-11-13(8-10)23-17-14(11)16-19-15(12-4-3-7-22-12)20-21(16)9-18-17/h3-4,7,9-10H,2,5-6,8H2,1H3. The van der Waals surface area contributed by atoms with E-state index in [1.165, 1.54) is 35.1 Å². The fraction of sp³-hybridized carbons (Fsp3) is 0.353. The van der Waals surface area contributed by atoms with Crippen molar-refractivity contribution in [2.75, 3.05) is 0 Å². The maximum atomic E-state index is 5.43. The van der Waals surface area contributed by atoms with E-state index in [-0.39, 0.29) is 0 Å². The quantitative estimate of drug-likeness (QED) is 0.557. The first-order chi connectivity index (χ1) is 11.3. The average Bonchev–Trinajstić information content (AvgIpc) is 3.29. The molecular weight excluding hydrogens is 308 g/mol. The van der Waals surface area contributed by atoms with Gasteiger partial charge in [0.2, 0.25) is 5.82 Å². The molecule has 0 bridgehead atoms. The van der Waals surface area contributed by atoms with Gasteiger partial charge in [-0.25, -0.2) is 14.5 Å². The molecule has 5 rings (SSSR count). The first-order valence-corrected chi connectivity index (χ1v) is 8.84. The van der Waals surface area contributed by atoms with E-state index in [2.05, 4.69) is 17.0 Å². The summed E-state index contributed by atoms with van der Waals surface area (Å²) in [5, 5.41) is 5.71. The van der Waals surface area contributed by atoms with Gasteiger partial charge in [-0.1, -0.05) is 13.3 Å². The van der Waals surface area contributed by atoms with Crippen LogP contribution in [-0.4, -0.2) is 19.6 Å². The zero-order valence-electron chi connectivity index (χ0n) is 12.8. The maximum absolute atomic E-state index is 5.43. The molecule has 0 saturated carbocycles. The zero-order valence-corrected chi connectivity index (χ0v) is 13.6. The topological polar surface area (TPSA) is 56.2 Å². The highest BCUT2D eigenvalue weighted by Crippen LogP contribution is 2.39. The van der Waals surface area contributed by atoms with Crippen molar-refractivity contribution in [2.24, 2.45) is 5.92 Å². The number of hydrogen-bond donors (Lipinski definition) is 0.